The summed E-state index contributed by atoms with van der Waals surface area (Å²) in [5, 5.41) is 11.5. The molecule has 1 aromatic rings. The molecule has 3 rings (SSSR count). The number of rotatable bonds is 6. The summed E-state index contributed by atoms with van der Waals surface area (Å²) in [4.78, 5) is 4.80. The van der Waals surface area contributed by atoms with Crippen LogP contribution in [0.2, 0.25) is 0 Å². The van der Waals surface area contributed by atoms with Crippen molar-refractivity contribution in [3.05, 3.63) is 29.8 Å². The van der Waals surface area contributed by atoms with Gasteiger partial charge in [0.2, 0.25) is 0 Å². The van der Waals surface area contributed by atoms with E-state index in [-0.39, 0.29) is 11.7 Å². The van der Waals surface area contributed by atoms with Gasteiger partial charge in [0.1, 0.15) is 5.75 Å². The van der Waals surface area contributed by atoms with Crippen molar-refractivity contribution in [2.45, 2.75) is 82.3 Å². The van der Waals surface area contributed by atoms with Gasteiger partial charge >= 0.3 is 6.36 Å². The van der Waals surface area contributed by atoms with Crippen LogP contribution in [0, 0.1) is 0 Å². The van der Waals surface area contributed by atoms with E-state index in [1.165, 1.54) is 12.1 Å². The SMILES string of the molecule is C[C@@H]1CN(CC[C@H](c2cccc(OC(F)(F)F)c2)C2(O)CCCCC2)C[C@H](C)N1C. The molecule has 4 nitrogen and oxygen atoms in total. The van der Waals surface area contributed by atoms with Crippen molar-refractivity contribution in [1.29, 1.82) is 0 Å². The molecule has 1 heterocycles. The van der Waals surface area contributed by atoms with Gasteiger partial charge in [0, 0.05) is 31.1 Å². The first-order valence-electron chi connectivity index (χ1n) is 11.1. The summed E-state index contributed by atoms with van der Waals surface area (Å²) in [6.07, 6.45) is 0.384. The molecule has 1 aliphatic carbocycles. The van der Waals surface area contributed by atoms with E-state index in [1.807, 2.05) is 6.07 Å². The standard InChI is InChI=1S/C23H35F3N2O2/c1-17-15-28(16-18(2)27(17)3)13-10-21(22(29)11-5-4-6-12-22)19-8-7-9-20(14-19)30-23(24,25)26/h7-9,14,17-18,21,29H,4-6,10-13,15-16H2,1-3H3/t17-,18+,21-/m1/s1. The smallest absolute Gasteiger partial charge is 0.406 e. The highest BCUT2D eigenvalue weighted by Crippen LogP contribution is 2.43. The number of hydrogen-bond acceptors (Lipinski definition) is 4. The number of nitrogens with zero attached hydrogens (tertiary/aromatic N) is 2. The number of aliphatic hydroxyl groups is 1. The predicted molar refractivity (Wildman–Crippen MR) is 112 cm³/mol. The predicted octanol–water partition coefficient (Wildman–Crippen LogP) is 4.78. The molecule has 1 aliphatic heterocycles. The van der Waals surface area contributed by atoms with Gasteiger partial charge < -0.3 is 14.7 Å². The molecule has 2 aliphatic rings. The van der Waals surface area contributed by atoms with Gasteiger partial charge in [-0.15, -0.1) is 13.2 Å². The molecule has 1 saturated carbocycles. The first kappa shape index (κ1) is 23.4. The van der Waals surface area contributed by atoms with E-state index < -0.39 is 12.0 Å². The molecule has 30 heavy (non-hydrogen) atoms. The van der Waals surface area contributed by atoms with E-state index in [1.54, 1.807) is 6.07 Å². The fourth-order valence-corrected chi connectivity index (χ4v) is 5.19. The van der Waals surface area contributed by atoms with Gasteiger partial charge in [-0.2, -0.15) is 0 Å². The van der Waals surface area contributed by atoms with Gasteiger partial charge in [-0.05, 0) is 64.4 Å². The Hall–Kier alpha value is -1.31. The Morgan fingerprint density at radius 3 is 2.37 bits per heavy atom. The minimum atomic E-state index is -4.72. The highest BCUT2D eigenvalue weighted by atomic mass is 19.4. The summed E-state index contributed by atoms with van der Waals surface area (Å²) >= 11 is 0. The third-order valence-electron chi connectivity index (χ3n) is 7.03. The monoisotopic (exact) mass is 428 g/mol. The molecular weight excluding hydrogens is 393 g/mol. The lowest BCUT2D eigenvalue weighted by atomic mass is 9.71. The first-order chi connectivity index (χ1) is 14.1. The van der Waals surface area contributed by atoms with Crippen molar-refractivity contribution in [3.8, 4) is 5.75 Å². The average molecular weight is 429 g/mol. The fourth-order valence-electron chi connectivity index (χ4n) is 5.19. The lowest BCUT2D eigenvalue weighted by molar-refractivity contribution is -0.274. The molecule has 0 unspecified atom stereocenters. The Labute approximate surface area is 178 Å². The molecule has 1 N–H and O–H groups in total. The van der Waals surface area contributed by atoms with Crippen LogP contribution < -0.4 is 4.74 Å². The number of ether oxygens (including phenoxy) is 1. The Morgan fingerprint density at radius 1 is 1.13 bits per heavy atom. The van der Waals surface area contributed by atoms with Gasteiger partial charge in [-0.25, -0.2) is 0 Å². The first-order valence-corrected chi connectivity index (χ1v) is 11.1. The number of halogens is 3. The normalized spacial score (nSPS) is 27.0. The van der Waals surface area contributed by atoms with E-state index in [9.17, 15) is 18.3 Å². The zero-order valence-electron chi connectivity index (χ0n) is 18.3. The van der Waals surface area contributed by atoms with Gasteiger partial charge in [0.25, 0.3) is 0 Å². The Bertz CT molecular complexity index is 679. The summed E-state index contributed by atoms with van der Waals surface area (Å²) in [5.41, 5.74) is -0.143. The fraction of sp³-hybridized carbons (Fsp3) is 0.739. The second-order valence-electron chi connectivity index (χ2n) is 9.25. The van der Waals surface area contributed by atoms with Gasteiger partial charge in [0.05, 0.1) is 5.60 Å². The second-order valence-corrected chi connectivity index (χ2v) is 9.25. The third-order valence-corrected chi connectivity index (χ3v) is 7.03. The summed E-state index contributed by atoms with van der Waals surface area (Å²) in [7, 11) is 2.15. The van der Waals surface area contributed by atoms with Crippen LogP contribution in [0.25, 0.3) is 0 Å². The lowest BCUT2D eigenvalue weighted by Gasteiger charge is -2.44. The number of piperazine rings is 1. The van der Waals surface area contributed by atoms with E-state index in [4.69, 9.17) is 0 Å². The van der Waals surface area contributed by atoms with Crippen molar-refractivity contribution in [2.75, 3.05) is 26.7 Å². The van der Waals surface area contributed by atoms with Crippen LogP contribution >= 0.6 is 0 Å². The highest BCUT2D eigenvalue weighted by Gasteiger charge is 2.40. The number of alkyl halides is 3. The van der Waals surface area contributed by atoms with Gasteiger partial charge in [0.15, 0.2) is 0 Å². The largest absolute Gasteiger partial charge is 0.573 e. The molecule has 7 heteroatoms. The average Bonchev–Trinajstić information content (AvgIpc) is 2.65. The molecule has 0 bridgehead atoms. The molecule has 1 saturated heterocycles. The third kappa shape index (κ3) is 5.89. The highest BCUT2D eigenvalue weighted by molar-refractivity contribution is 5.33. The Morgan fingerprint density at radius 2 is 1.77 bits per heavy atom. The molecule has 0 amide bonds. The van der Waals surface area contributed by atoms with Crippen molar-refractivity contribution >= 4 is 0 Å². The van der Waals surface area contributed by atoms with Crippen LogP contribution in [0.4, 0.5) is 13.2 Å². The summed E-state index contributed by atoms with van der Waals surface area (Å²) in [6.45, 7) is 7.17. The quantitative estimate of drug-likeness (QED) is 0.708. The number of hydrogen-bond donors (Lipinski definition) is 1. The van der Waals surface area contributed by atoms with E-state index in [0.29, 0.717) is 24.9 Å². The van der Waals surface area contributed by atoms with Gasteiger partial charge in [-0.3, -0.25) is 4.90 Å². The number of likely N-dealkylation sites (N-methyl/N-ethyl adjacent to an activating group) is 1. The van der Waals surface area contributed by atoms with Crippen molar-refractivity contribution in [2.24, 2.45) is 0 Å². The number of benzene rings is 1. The van der Waals surface area contributed by atoms with Crippen LogP contribution in [0.3, 0.4) is 0 Å². The Kier molecular flexibility index (Phi) is 7.36. The molecule has 0 radical (unpaired) electrons. The van der Waals surface area contributed by atoms with Crippen molar-refractivity contribution in [1.82, 2.24) is 9.80 Å². The van der Waals surface area contributed by atoms with Crippen LogP contribution in [0.15, 0.2) is 24.3 Å². The van der Waals surface area contributed by atoms with E-state index >= 15 is 0 Å². The van der Waals surface area contributed by atoms with Crippen molar-refractivity contribution in [3.63, 3.8) is 0 Å². The van der Waals surface area contributed by atoms with E-state index in [0.717, 1.165) is 50.9 Å². The summed E-state index contributed by atoms with van der Waals surface area (Å²) in [6, 6.07) is 7.11. The maximum absolute atomic E-state index is 12.7. The molecule has 0 spiro atoms. The Balaban J connectivity index is 1.79. The molecular formula is C23H35F3N2O2. The molecule has 0 aromatic heterocycles. The summed E-state index contributed by atoms with van der Waals surface area (Å²) in [5.74, 6) is -0.425. The van der Waals surface area contributed by atoms with Crippen molar-refractivity contribution < 1.29 is 23.0 Å². The van der Waals surface area contributed by atoms with Gasteiger partial charge in [-0.1, -0.05) is 31.4 Å². The zero-order chi connectivity index (χ0) is 21.9. The molecule has 2 fully saturated rings. The maximum atomic E-state index is 12.7. The maximum Gasteiger partial charge on any atom is 0.573 e. The summed E-state index contributed by atoms with van der Waals surface area (Å²) < 4.78 is 42.3. The van der Waals surface area contributed by atoms with Crippen LogP contribution in [0.5, 0.6) is 5.75 Å². The molecule has 1 aromatic carbocycles. The topological polar surface area (TPSA) is 35.9 Å². The zero-order valence-corrected chi connectivity index (χ0v) is 18.3. The van der Waals surface area contributed by atoms with Crippen LogP contribution in [-0.2, 0) is 0 Å². The van der Waals surface area contributed by atoms with Crippen LogP contribution in [-0.4, -0.2) is 65.6 Å². The lowest BCUT2D eigenvalue weighted by Crippen LogP contribution is -2.55. The van der Waals surface area contributed by atoms with E-state index in [2.05, 4.69) is 35.4 Å². The minimum Gasteiger partial charge on any atom is -0.406 e. The molecule has 170 valence electrons. The minimum absolute atomic E-state index is 0.208. The molecule has 3 atom stereocenters. The second kappa shape index (κ2) is 9.45. The van der Waals surface area contributed by atoms with Crippen LogP contribution in [0.1, 0.15) is 63.9 Å².